The van der Waals surface area contributed by atoms with Crippen LogP contribution in [0.15, 0.2) is 24.3 Å². The maximum absolute atomic E-state index is 12.4. The summed E-state index contributed by atoms with van der Waals surface area (Å²) in [4.78, 5) is 37.2. The first-order valence-electron chi connectivity index (χ1n) is 9.03. The molecule has 26 heavy (non-hydrogen) atoms. The maximum atomic E-state index is 12.4. The number of amides is 3. The molecular weight excluding hydrogens is 334 g/mol. The first-order chi connectivity index (χ1) is 12.4. The molecule has 3 amide bonds. The number of hydrogen-bond donors (Lipinski definition) is 3. The van der Waals surface area contributed by atoms with Gasteiger partial charge in [0, 0.05) is 31.7 Å². The molecule has 1 fully saturated rings. The molecule has 2 rings (SSSR count). The van der Waals surface area contributed by atoms with Gasteiger partial charge in [-0.15, -0.1) is 0 Å². The fourth-order valence-corrected chi connectivity index (χ4v) is 3.15. The SMILES string of the molecule is CCCNC(=O)c1cccc(CNC(=O)N2CC(C)CC(C(=O)O)C2)c1. The van der Waals surface area contributed by atoms with Gasteiger partial charge in [-0.25, -0.2) is 4.79 Å². The average Bonchev–Trinajstić information content (AvgIpc) is 2.63. The van der Waals surface area contributed by atoms with E-state index >= 15 is 0 Å². The van der Waals surface area contributed by atoms with Crippen molar-refractivity contribution in [2.45, 2.75) is 33.2 Å². The number of carboxylic acid groups (broad SMARTS) is 1. The van der Waals surface area contributed by atoms with Crippen LogP contribution in [0.5, 0.6) is 0 Å². The number of benzene rings is 1. The van der Waals surface area contributed by atoms with E-state index < -0.39 is 11.9 Å². The zero-order valence-corrected chi connectivity index (χ0v) is 15.3. The Bertz CT molecular complexity index is 662. The molecule has 0 aromatic heterocycles. The van der Waals surface area contributed by atoms with Crippen LogP contribution in [0, 0.1) is 11.8 Å². The van der Waals surface area contributed by atoms with Crippen LogP contribution in [0.2, 0.25) is 0 Å². The lowest BCUT2D eigenvalue weighted by Crippen LogP contribution is -2.49. The summed E-state index contributed by atoms with van der Waals surface area (Å²) in [6.07, 6.45) is 1.46. The van der Waals surface area contributed by atoms with Crippen LogP contribution < -0.4 is 10.6 Å². The number of nitrogens with zero attached hydrogens (tertiary/aromatic N) is 1. The number of carbonyl (C=O) groups is 3. The molecule has 0 radical (unpaired) electrons. The molecule has 3 N–H and O–H groups in total. The number of nitrogens with one attached hydrogen (secondary N) is 2. The Balaban J connectivity index is 1.92. The van der Waals surface area contributed by atoms with Crippen molar-refractivity contribution in [3.8, 4) is 0 Å². The number of carbonyl (C=O) groups excluding carboxylic acids is 2. The number of hydrogen-bond acceptors (Lipinski definition) is 3. The summed E-state index contributed by atoms with van der Waals surface area (Å²) >= 11 is 0. The van der Waals surface area contributed by atoms with Crippen LogP contribution in [0.25, 0.3) is 0 Å². The normalized spacial score (nSPS) is 19.7. The predicted octanol–water partition coefficient (Wildman–Crippen LogP) is 2.08. The molecule has 0 bridgehead atoms. The van der Waals surface area contributed by atoms with Crippen molar-refractivity contribution < 1.29 is 19.5 Å². The summed E-state index contributed by atoms with van der Waals surface area (Å²) in [6, 6.07) is 6.84. The molecule has 0 saturated carbocycles. The molecule has 1 aliphatic heterocycles. The third-order valence-corrected chi connectivity index (χ3v) is 4.46. The van der Waals surface area contributed by atoms with E-state index in [9.17, 15) is 19.5 Å². The molecule has 7 heteroatoms. The molecule has 0 aliphatic carbocycles. The lowest BCUT2D eigenvalue weighted by atomic mass is 9.91. The van der Waals surface area contributed by atoms with Crippen molar-refractivity contribution >= 4 is 17.9 Å². The monoisotopic (exact) mass is 361 g/mol. The Kier molecular flexibility index (Phi) is 7.00. The third kappa shape index (κ3) is 5.47. The quantitative estimate of drug-likeness (QED) is 0.722. The summed E-state index contributed by atoms with van der Waals surface area (Å²) in [5.41, 5.74) is 1.38. The van der Waals surface area contributed by atoms with Crippen LogP contribution >= 0.6 is 0 Å². The summed E-state index contributed by atoms with van der Waals surface area (Å²) in [7, 11) is 0. The number of piperidine rings is 1. The van der Waals surface area contributed by atoms with E-state index in [1.807, 2.05) is 19.9 Å². The highest BCUT2D eigenvalue weighted by Crippen LogP contribution is 2.21. The van der Waals surface area contributed by atoms with Gasteiger partial charge < -0.3 is 20.6 Å². The molecule has 1 aromatic carbocycles. The molecule has 1 aromatic rings. The van der Waals surface area contributed by atoms with Crippen LogP contribution in [0.4, 0.5) is 4.79 Å². The molecule has 2 atom stereocenters. The van der Waals surface area contributed by atoms with Crippen LogP contribution in [-0.4, -0.2) is 47.5 Å². The van der Waals surface area contributed by atoms with E-state index in [1.54, 1.807) is 23.1 Å². The molecule has 142 valence electrons. The van der Waals surface area contributed by atoms with Crippen molar-refractivity contribution in [2.75, 3.05) is 19.6 Å². The summed E-state index contributed by atoms with van der Waals surface area (Å²) in [5, 5.41) is 14.9. The molecule has 0 spiro atoms. The number of aliphatic carboxylic acids is 1. The van der Waals surface area contributed by atoms with Crippen LogP contribution in [0.1, 0.15) is 42.6 Å². The number of rotatable bonds is 6. The van der Waals surface area contributed by atoms with Gasteiger partial charge in [0.15, 0.2) is 0 Å². The lowest BCUT2D eigenvalue weighted by Gasteiger charge is -2.34. The Morgan fingerprint density at radius 2 is 2.00 bits per heavy atom. The van der Waals surface area contributed by atoms with E-state index in [4.69, 9.17) is 0 Å². The summed E-state index contributed by atoms with van der Waals surface area (Å²) in [6.45, 7) is 5.63. The first kappa shape index (κ1) is 19.8. The van der Waals surface area contributed by atoms with Crippen molar-refractivity contribution in [3.63, 3.8) is 0 Å². The van der Waals surface area contributed by atoms with Gasteiger partial charge in [0.2, 0.25) is 0 Å². The van der Waals surface area contributed by atoms with E-state index in [1.165, 1.54) is 0 Å². The average molecular weight is 361 g/mol. The standard InChI is InChI=1S/C19H27N3O4/c1-3-7-20-17(23)15-6-4-5-14(9-15)10-21-19(26)22-11-13(2)8-16(12-22)18(24)25/h4-6,9,13,16H,3,7-8,10-12H2,1-2H3,(H,20,23)(H,21,26)(H,24,25). The van der Waals surface area contributed by atoms with Crippen LogP contribution in [0.3, 0.4) is 0 Å². The number of likely N-dealkylation sites (tertiary alicyclic amines) is 1. The molecule has 7 nitrogen and oxygen atoms in total. The minimum absolute atomic E-state index is 0.130. The zero-order chi connectivity index (χ0) is 19.1. The van der Waals surface area contributed by atoms with E-state index in [-0.39, 0.29) is 30.9 Å². The molecule has 1 aliphatic rings. The second kappa shape index (κ2) is 9.22. The third-order valence-electron chi connectivity index (χ3n) is 4.46. The Hall–Kier alpha value is -2.57. The van der Waals surface area contributed by atoms with Gasteiger partial charge in [0.1, 0.15) is 0 Å². The first-order valence-corrected chi connectivity index (χ1v) is 9.03. The van der Waals surface area contributed by atoms with E-state index in [0.29, 0.717) is 25.1 Å². The second-order valence-electron chi connectivity index (χ2n) is 6.90. The Morgan fingerprint density at radius 3 is 2.69 bits per heavy atom. The van der Waals surface area contributed by atoms with Gasteiger partial charge in [-0.05, 0) is 36.5 Å². The highest BCUT2D eigenvalue weighted by atomic mass is 16.4. The molecular formula is C19H27N3O4. The lowest BCUT2D eigenvalue weighted by molar-refractivity contribution is -0.143. The zero-order valence-electron chi connectivity index (χ0n) is 15.3. The van der Waals surface area contributed by atoms with Gasteiger partial charge in [-0.2, -0.15) is 0 Å². The van der Waals surface area contributed by atoms with Gasteiger partial charge in [-0.3, -0.25) is 9.59 Å². The topological polar surface area (TPSA) is 98.7 Å². The summed E-state index contributed by atoms with van der Waals surface area (Å²) in [5.74, 6) is -1.36. The van der Waals surface area contributed by atoms with Gasteiger partial charge >= 0.3 is 12.0 Å². The number of urea groups is 1. The molecule has 1 saturated heterocycles. The Morgan fingerprint density at radius 1 is 1.23 bits per heavy atom. The predicted molar refractivity (Wildman–Crippen MR) is 97.8 cm³/mol. The van der Waals surface area contributed by atoms with Crippen LogP contribution in [-0.2, 0) is 11.3 Å². The highest BCUT2D eigenvalue weighted by molar-refractivity contribution is 5.94. The molecule has 1 heterocycles. The van der Waals surface area contributed by atoms with Crippen molar-refractivity contribution in [1.82, 2.24) is 15.5 Å². The summed E-state index contributed by atoms with van der Waals surface area (Å²) < 4.78 is 0. The van der Waals surface area contributed by atoms with Crippen molar-refractivity contribution in [2.24, 2.45) is 11.8 Å². The van der Waals surface area contributed by atoms with E-state index in [2.05, 4.69) is 10.6 Å². The van der Waals surface area contributed by atoms with Gasteiger partial charge in [0.25, 0.3) is 5.91 Å². The van der Waals surface area contributed by atoms with Crippen molar-refractivity contribution in [1.29, 1.82) is 0 Å². The molecule has 2 unspecified atom stereocenters. The highest BCUT2D eigenvalue weighted by Gasteiger charge is 2.31. The number of carboxylic acids is 1. The fourth-order valence-electron chi connectivity index (χ4n) is 3.15. The second-order valence-corrected chi connectivity index (χ2v) is 6.90. The Labute approximate surface area is 153 Å². The minimum Gasteiger partial charge on any atom is -0.481 e. The fraction of sp³-hybridized carbons (Fsp3) is 0.526. The smallest absolute Gasteiger partial charge is 0.317 e. The maximum Gasteiger partial charge on any atom is 0.317 e. The van der Waals surface area contributed by atoms with E-state index in [0.717, 1.165) is 12.0 Å². The van der Waals surface area contributed by atoms with Gasteiger partial charge in [0.05, 0.1) is 5.92 Å². The minimum atomic E-state index is -0.861. The largest absolute Gasteiger partial charge is 0.481 e. The van der Waals surface area contributed by atoms with Crippen molar-refractivity contribution in [3.05, 3.63) is 35.4 Å². The van der Waals surface area contributed by atoms with Gasteiger partial charge in [-0.1, -0.05) is 26.0 Å².